The second-order valence-corrected chi connectivity index (χ2v) is 5.18. The van der Waals surface area contributed by atoms with Gasteiger partial charge in [0.25, 0.3) is 5.91 Å². The van der Waals surface area contributed by atoms with Gasteiger partial charge in [0.1, 0.15) is 5.75 Å². The lowest BCUT2D eigenvalue weighted by Crippen LogP contribution is -2.32. The zero-order valence-corrected chi connectivity index (χ0v) is 12.7. The first-order valence-electron chi connectivity index (χ1n) is 7.19. The zero-order valence-electron chi connectivity index (χ0n) is 12.7. The smallest absolute Gasteiger partial charge is 0.265 e. The Labute approximate surface area is 126 Å². The van der Waals surface area contributed by atoms with Crippen molar-refractivity contribution in [2.24, 2.45) is 0 Å². The van der Waals surface area contributed by atoms with Crippen LogP contribution in [0.3, 0.4) is 0 Å². The average Bonchev–Trinajstić information content (AvgIpc) is 2.49. The van der Waals surface area contributed by atoms with Crippen molar-refractivity contribution in [1.29, 1.82) is 0 Å². The number of benzene rings is 2. The lowest BCUT2D eigenvalue weighted by Gasteiger charge is -2.17. The molecule has 3 heteroatoms. The molecular formula is C18H21NO2. The highest BCUT2D eigenvalue weighted by molar-refractivity contribution is 5.94. The molecule has 1 N–H and O–H groups in total. The molecule has 0 aliphatic heterocycles. The molecular weight excluding hydrogens is 262 g/mol. The summed E-state index contributed by atoms with van der Waals surface area (Å²) in [5.74, 6) is 0.591. The van der Waals surface area contributed by atoms with Gasteiger partial charge in [-0.15, -0.1) is 0 Å². The maximum absolute atomic E-state index is 12.3. The number of amides is 1. The SMILES string of the molecule is CC[C@@H](Oc1ccc(C)cc1)C(=O)Nc1ccc(C)cc1. The van der Waals surface area contributed by atoms with E-state index in [0.29, 0.717) is 12.2 Å². The second-order valence-electron chi connectivity index (χ2n) is 5.18. The van der Waals surface area contributed by atoms with Gasteiger partial charge in [-0.2, -0.15) is 0 Å². The number of anilines is 1. The van der Waals surface area contributed by atoms with E-state index in [9.17, 15) is 4.79 Å². The summed E-state index contributed by atoms with van der Waals surface area (Å²) in [7, 11) is 0. The van der Waals surface area contributed by atoms with Crippen LogP contribution in [0.4, 0.5) is 5.69 Å². The van der Waals surface area contributed by atoms with Crippen LogP contribution in [0.5, 0.6) is 5.75 Å². The lowest BCUT2D eigenvalue weighted by atomic mass is 10.2. The molecule has 0 bridgehead atoms. The predicted octanol–water partition coefficient (Wildman–Crippen LogP) is 4.10. The van der Waals surface area contributed by atoms with Gasteiger partial charge in [0.15, 0.2) is 6.10 Å². The summed E-state index contributed by atoms with van der Waals surface area (Å²) in [6.07, 6.45) is 0.125. The molecule has 0 saturated heterocycles. The molecule has 21 heavy (non-hydrogen) atoms. The molecule has 2 aromatic carbocycles. The van der Waals surface area contributed by atoms with Gasteiger partial charge in [0.05, 0.1) is 0 Å². The molecule has 2 aromatic rings. The van der Waals surface area contributed by atoms with Crippen molar-refractivity contribution < 1.29 is 9.53 Å². The van der Waals surface area contributed by atoms with Crippen LogP contribution < -0.4 is 10.1 Å². The normalized spacial score (nSPS) is 11.8. The van der Waals surface area contributed by atoms with Gasteiger partial charge in [-0.3, -0.25) is 4.79 Å². The standard InChI is InChI=1S/C18H21NO2/c1-4-17(21-16-11-7-14(3)8-12-16)18(20)19-15-9-5-13(2)6-10-15/h5-12,17H,4H2,1-3H3,(H,19,20)/t17-/m1/s1. The number of carbonyl (C=O) groups excluding carboxylic acids is 1. The maximum atomic E-state index is 12.3. The Morgan fingerprint density at radius 2 is 1.52 bits per heavy atom. The van der Waals surface area contributed by atoms with Crippen LogP contribution in [0.2, 0.25) is 0 Å². The molecule has 1 amide bonds. The van der Waals surface area contributed by atoms with Crippen LogP contribution in [-0.2, 0) is 4.79 Å². The van der Waals surface area contributed by atoms with Gasteiger partial charge in [-0.25, -0.2) is 0 Å². The van der Waals surface area contributed by atoms with Crippen LogP contribution in [0.1, 0.15) is 24.5 Å². The summed E-state index contributed by atoms with van der Waals surface area (Å²) < 4.78 is 5.76. The maximum Gasteiger partial charge on any atom is 0.265 e. The topological polar surface area (TPSA) is 38.3 Å². The van der Waals surface area contributed by atoms with E-state index in [2.05, 4.69) is 5.32 Å². The fourth-order valence-corrected chi connectivity index (χ4v) is 1.96. The molecule has 0 aliphatic rings. The van der Waals surface area contributed by atoms with Crippen molar-refractivity contribution >= 4 is 11.6 Å². The van der Waals surface area contributed by atoms with Crippen molar-refractivity contribution in [1.82, 2.24) is 0 Å². The van der Waals surface area contributed by atoms with Crippen molar-refractivity contribution in [3.8, 4) is 5.75 Å². The minimum Gasteiger partial charge on any atom is -0.481 e. The summed E-state index contributed by atoms with van der Waals surface area (Å²) in [6, 6.07) is 15.4. The molecule has 1 atom stereocenters. The molecule has 0 fully saturated rings. The highest BCUT2D eigenvalue weighted by atomic mass is 16.5. The Hall–Kier alpha value is -2.29. The van der Waals surface area contributed by atoms with E-state index < -0.39 is 6.10 Å². The number of ether oxygens (including phenoxy) is 1. The third kappa shape index (κ3) is 4.35. The Balaban J connectivity index is 2.01. The minimum atomic E-state index is -0.492. The first-order valence-corrected chi connectivity index (χ1v) is 7.19. The van der Waals surface area contributed by atoms with E-state index in [1.165, 1.54) is 5.56 Å². The van der Waals surface area contributed by atoms with E-state index in [1.54, 1.807) is 0 Å². The van der Waals surface area contributed by atoms with Gasteiger partial charge in [-0.1, -0.05) is 42.3 Å². The van der Waals surface area contributed by atoms with E-state index in [0.717, 1.165) is 11.3 Å². The van der Waals surface area contributed by atoms with Crippen LogP contribution >= 0.6 is 0 Å². The quantitative estimate of drug-likeness (QED) is 0.897. The van der Waals surface area contributed by atoms with Crippen molar-refractivity contribution in [3.05, 3.63) is 59.7 Å². The fraction of sp³-hybridized carbons (Fsp3) is 0.278. The van der Waals surface area contributed by atoms with Crippen LogP contribution in [-0.4, -0.2) is 12.0 Å². The Morgan fingerprint density at radius 3 is 2.05 bits per heavy atom. The molecule has 0 heterocycles. The van der Waals surface area contributed by atoms with E-state index >= 15 is 0 Å². The number of carbonyl (C=O) groups is 1. The molecule has 0 saturated carbocycles. The number of hydrogen-bond donors (Lipinski definition) is 1. The van der Waals surface area contributed by atoms with Crippen LogP contribution in [0, 0.1) is 13.8 Å². The largest absolute Gasteiger partial charge is 0.481 e. The first kappa shape index (κ1) is 15.1. The Bertz CT molecular complexity index is 588. The summed E-state index contributed by atoms with van der Waals surface area (Å²) in [4.78, 5) is 12.3. The number of rotatable bonds is 5. The first-order chi connectivity index (χ1) is 10.1. The third-order valence-electron chi connectivity index (χ3n) is 3.28. The van der Waals surface area contributed by atoms with Crippen LogP contribution in [0.15, 0.2) is 48.5 Å². The molecule has 0 aliphatic carbocycles. The van der Waals surface area contributed by atoms with Crippen molar-refractivity contribution in [3.63, 3.8) is 0 Å². The fourth-order valence-electron chi connectivity index (χ4n) is 1.96. The second kappa shape index (κ2) is 6.93. The highest BCUT2D eigenvalue weighted by Crippen LogP contribution is 2.16. The Kier molecular flexibility index (Phi) is 4.99. The predicted molar refractivity (Wildman–Crippen MR) is 85.7 cm³/mol. The summed E-state index contributed by atoms with van der Waals surface area (Å²) in [5, 5.41) is 2.89. The van der Waals surface area contributed by atoms with E-state index in [4.69, 9.17) is 4.74 Å². The molecule has 110 valence electrons. The molecule has 3 nitrogen and oxygen atoms in total. The Morgan fingerprint density at radius 1 is 1.00 bits per heavy atom. The molecule has 0 unspecified atom stereocenters. The molecule has 0 spiro atoms. The average molecular weight is 283 g/mol. The van der Waals surface area contributed by atoms with Gasteiger partial charge in [0.2, 0.25) is 0 Å². The van der Waals surface area contributed by atoms with Crippen LogP contribution in [0.25, 0.3) is 0 Å². The van der Waals surface area contributed by atoms with E-state index in [1.807, 2.05) is 69.3 Å². The third-order valence-corrected chi connectivity index (χ3v) is 3.28. The summed E-state index contributed by atoms with van der Waals surface area (Å²) in [6.45, 7) is 5.97. The van der Waals surface area contributed by atoms with Gasteiger partial charge in [-0.05, 0) is 44.5 Å². The lowest BCUT2D eigenvalue weighted by molar-refractivity contribution is -0.122. The monoisotopic (exact) mass is 283 g/mol. The van der Waals surface area contributed by atoms with Gasteiger partial charge in [0, 0.05) is 5.69 Å². The number of nitrogens with one attached hydrogen (secondary N) is 1. The van der Waals surface area contributed by atoms with Gasteiger partial charge >= 0.3 is 0 Å². The minimum absolute atomic E-state index is 0.123. The molecule has 0 radical (unpaired) electrons. The molecule has 0 aromatic heterocycles. The summed E-state index contributed by atoms with van der Waals surface area (Å²) in [5.41, 5.74) is 3.12. The van der Waals surface area contributed by atoms with Gasteiger partial charge < -0.3 is 10.1 Å². The van der Waals surface area contributed by atoms with E-state index in [-0.39, 0.29) is 5.91 Å². The highest BCUT2D eigenvalue weighted by Gasteiger charge is 2.18. The number of aryl methyl sites for hydroxylation is 2. The van der Waals surface area contributed by atoms with Crippen molar-refractivity contribution in [2.45, 2.75) is 33.3 Å². The molecule has 2 rings (SSSR count). The zero-order chi connectivity index (χ0) is 15.2. The number of hydrogen-bond acceptors (Lipinski definition) is 2. The van der Waals surface area contributed by atoms with Crippen molar-refractivity contribution in [2.75, 3.05) is 5.32 Å². The summed E-state index contributed by atoms with van der Waals surface area (Å²) >= 11 is 0.